The molecule has 0 radical (unpaired) electrons. The van der Waals surface area contributed by atoms with Gasteiger partial charge in [-0.3, -0.25) is 4.79 Å². The van der Waals surface area contributed by atoms with Gasteiger partial charge < -0.3 is 129 Å². The number of rotatable bonds is 14. The van der Waals surface area contributed by atoms with Crippen molar-refractivity contribution in [3.8, 4) is 0 Å². The molecule has 0 aromatic rings. The van der Waals surface area contributed by atoms with Crippen LogP contribution in [0.1, 0.15) is 113 Å². The molecule has 16 N–H and O–H groups in total. The molecule has 3 unspecified atom stereocenters. The van der Waals surface area contributed by atoms with Crippen LogP contribution < -0.4 is 0 Å². The van der Waals surface area contributed by atoms with E-state index in [1.165, 1.54) is 12.5 Å². The number of allylic oxidation sites excluding steroid dienone is 2. The van der Waals surface area contributed by atoms with Crippen LogP contribution in [0.3, 0.4) is 0 Å². The van der Waals surface area contributed by atoms with Crippen LogP contribution in [0.2, 0.25) is 0 Å². The highest BCUT2D eigenvalue weighted by molar-refractivity contribution is 5.79. The highest BCUT2D eigenvalue weighted by atomic mass is 16.8. The Kier molecular flexibility index (Phi) is 19.4. The molecule has 33 atom stereocenters. The molecule has 10 aliphatic rings. The highest BCUT2D eigenvalue weighted by Gasteiger charge is 2.71. The summed E-state index contributed by atoms with van der Waals surface area (Å²) in [7, 11) is 0. The van der Waals surface area contributed by atoms with Gasteiger partial charge in [-0.2, -0.15) is 0 Å². The van der Waals surface area contributed by atoms with Crippen molar-refractivity contribution in [1.82, 2.24) is 0 Å². The number of fused-ring (bicyclic) bond motifs is 7. The van der Waals surface area contributed by atoms with Crippen molar-refractivity contribution in [2.45, 2.75) is 266 Å². The van der Waals surface area contributed by atoms with E-state index in [1.54, 1.807) is 0 Å². The van der Waals surface area contributed by atoms with Gasteiger partial charge in [0.15, 0.2) is 25.2 Å². The summed E-state index contributed by atoms with van der Waals surface area (Å²) in [5.74, 6) is -0.929. The minimum absolute atomic E-state index is 0.0885. The van der Waals surface area contributed by atoms with E-state index in [0.717, 1.165) is 6.42 Å². The van der Waals surface area contributed by atoms with Crippen molar-refractivity contribution in [3.05, 3.63) is 11.6 Å². The zero-order valence-corrected chi connectivity index (χ0v) is 50.0. The Morgan fingerprint density at radius 1 is 0.558 bits per heavy atom. The van der Waals surface area contributed by atoms with Gasteiger partial charge in [-0.25, -0.2) is 0 Å². The molecular weight excluding hydrogens is 1140 g/mol. The first-order valence-corrected chi connectivity index (χ1v) is 30.8. The molecule has 5 aliphatic heterocycles. The Balaban J connectivity index is 0.849. The van der Waals surface area contributed by atoms with Crippen molar-refractivity contribution in [1.29, 1.82) is 0 Å². The average Bonchev–Trinajstić information content (AvgIpc) is 0.689. The van der Waals surface area contributed by atoms with E-state index < -0.39 is 196 Å². The van der Waals surface area contributed by atoms with Crippen molar-refractivity contribution >= 4 is 5.97 Å². The summed E-state index contributed by atoms with van der Waals surface area (Å²) in [4.78, 5) is 15.1. The summed E-state index contributed by atoms with van der Waals surface area (Å²) in [5.41, 5.74) is -2.07. The molecular formula is C59H96O27. The number of carbonyl (C=O) groups excluding carboxylic acids is 1. The fourth-order valence-corrected chi connectivity index (χ4v) is 17.6. The zero-order valence-electron chi connectivity index (χ0n) is 50.0. The normalized spacial score (nSPS) is 54.8. The van der Waals surface area contributed by atoms with Crippen molar-refractivity contribution in [2.24, 2.45) is 50.2 Å². The van der Waals surface area contributed by atoms with E-state index in [2.05, 4.69) is 40.7 Å². The smallest absolute Gasteiger partial charge is 0.315 e. The van der Waals surface area contributed by atoms with Gasteiger partial charge in [0.1, 0.15) is 110 Å². The number of aliphatic hydroxyl groups excluding tert-OH is 16. The number of carbonyl (C=O) groups is 1. The Morgan fingerprint density at radius 3 is 1.77 bits per heavy atom. The first-order valence-electron chi connectivity index (χ1n) is 30.8. The summed E-state index contributed by atoms with van der Waals surface area (Å²) in [5, 5.41) is 172. The highest BCUT2D eigenvalue weighted by Crippen LogP contribution is 2.76. The molecule has 10 rings (SSSR count). The third-order valence-corrected chi connectivity index (χ3v) is 23.2. The lowest BCUT2D eigenvalue weighted by Gasteiger charge is -2.71. The molecule has 5 heterocycles. The van der Waals surface area contributed by atoms with Gasteiger partial charge >= 0.3 is 5.97 Å². The summed E-state index contributed by atoms with van der Waals surface area (Å²) in [6, 6.07) is 0. The van der Waals surface area contributed by atoms with Crippen LogP contribution in [-0.2, 0) is 52.2 Å². The van der Waals surface area contributed by atoms with Crippen LogP contribution in [0.15, 0.2) is 11.6 Å². The Labute approximate surface area is 499 Å². The van der Waals surface area contributed by atoms with Gasteiger partial charge in [-0.15, -0.1) is 0 Å². The summed E-state index contributed by atoms with van der Waals surface area (Å²) in [6.07, 6.45) is -31.4. The van der Waals surface area contributed by atoms with Crippen LogP contribution >= 0.6 is 0 Å². The van der Waals surface area contributed by atoms with Crippen molar-refractivity contribution < 1.29 is 134 Å². The third-order valence-electron chi connectivity index (χ3n) is 23.2. The predicted molar refractivity (Wildman–Crippen MR) is 289 cm³/mol. The molecule has 5 saturated heterocycles. The van der Waals surface area contributed by atoms with Gasteiger partial charge in [0.25, 0.3) is 0 Å². The van der Waals surface area contributed by atoms with Crippen molar-refractivity contribution in [3.63, 3.8) is 0 Å². The van der Waals surface area contributed by atoms with Gasteiger partial charge in [0, 0.05) is 5.41 Å². The standard InChI is InChI=1S/C59H96O27/c1-24-34(64)46(84-49-43(73)40(70)37(67)29(20-61)81-49)45(75)51(79-24)85-47-35(65)27(63)21-77-52(47)83-33-11-12-55(4)31(56(33,5)23-62)10-13-58(7)32(55)9-8-25-26-18-54(2,3)14-16-59(26,17-15-57(25,58)6)53(76)86-50-44(74)41(71)38(68)30(82-50)22-78-48-42(72)39(69)36(66)28(19-60)80-48/h8,24,26-52,60-75H,9-23H2,1-7H3/t24-,26?,27-,28+,29+,30+,31?,32?,33-,34-,35-,36+,37+,38+,39-,40-,41-,42+,43+,44+,45+,46+,47+,48+,49-,50-,51-,52-,55-,56-,57+,58+,59-/m0/s1. The second-order valence-corrected chi connectivity index (χ2v) is 28.5. The fraction of sp³-hybridized carbons (Fsp3) is 0.949. The summed E-state index contributed by atoms with van der Waals surface area (Å²) in [6.45, 7) is 12.1. The summed E-state index contributed by atoms with van der Waals surface area (Å²) < 4.78 is 59.5. The quantitative estimate of drug-likeness (QED) is 0.0454. The molecule has 27 heteroatoms. The van der Waals surface area contributed by atoms with E-state index in [-0.39, 0.29) is 47.2 Å². The molecule has 86 heavy (non-hydrogen) atoms. The minimum Gasteiger partial charge on any atom is -0.432 e. The van der Waals surface area contributed by atoms with Gasteiger partial charge in [-0.05, 0) is 111 Å². The molecule has 0 amide bonds. The number of ether oxygens (including phenoxy) is 10. The minimum atomic E-state index is -1.87. The topological polar surface area (TPSA) is 433 Å². The van der Waals surface area contributed by atoms with Crippen molar-refractivity contribution in [2.75, 3.05) is 33.0 Å². The number of hydrogen-bond acceptors (Lipinski definition) is 27. The molecule has 4 saturated carbocycles. The summed E-state index contributed by atoms with van der Waals surface area (Å²) >= 11 is 0. The molecule has 0 aromatic heterocycles. The lowest BCUT2D eigenvalue weighted by atomic mass is 9.33. The second-order valence-electron chi connectivity index (χ2n) is 28.5. The maximum Gasteiger partial charge on any atom is 0.315 e. The van der Waals surface area contributed by atoms with Crippen LogP contribution in [0.5, 0.6) is 0 Å². The van der Waals surface area contributed by atoms with E-state index in [9.17, 15) is 81.7 Å². The zero-order chi connectivity index (χ0) is 62.7. The molecule has 0 spiro atoms. The van der Waals surface area contributed by atoms with Crippen LogP contribution in [0.25, 0.3) is 0 Å². The van der Waals surface area contributed by atoms with Crippen LogP contribution in [0.4, 0.5) is 0 Å². The maximum atomic E-state index is 15.1. The maximum absolute atomic E-state index is 15.1. The van der Waals surface area contributed by atoms with E-state index in [4.69, 9.17) is 47.4 Å². The third kappa shape index (κ3) is 11.2. The van der Waals surface area contributed by atoms with Crippen LogP contribution in [-0.4, -0.2) is 274 Å². The molecule has 494 valence electrons. The number of esters is 1. The van der Waals surface area contributed by atoms with Gasteiger partial charge in [0.05, 0.1) is 50.7 Å². The Bertz CT molecular complexity index is 2380. The monoisotopic (exact) mass is 1240 g/mol. The average molecular weight is 1240 g/mol. The second kappa shape index (κ2) is 24.9. The Hall–Kier alpha value is -1.79. The molecule has 0 aromatic carbocycles. The molecule has 9 fully saturated rings. The molecule has 5 aliphatic carbocycles. The van der Waals surface area contributed by atoms with Gasteiger partial charge in [-0.1, -0.05) is 53.2 Å². The largest absolute Gasteiger partial charge is 0.432 e. The first-order chi connectivity index (χ1) is 40.4. The molecule has 27 nitrogen and oxygen atoms in total. The van der Waals surface area contributed by atoms with E-state index in [0.29, 0.717) is 57.8 Å². The lowest BCUT2D eigenvalue weighted by Crippen LogP contribution is -2.67. The van der Waals surface area contributed by atoms with E-state index >= 15 is 4.79 Å². The fourth-order valence-electron chi connectivity index (χ4n) is 17.6. The first kappa shape index (κ1) is 67.1. The van der Waals surface area contributed by atoms with Gasteiger partial charge in [0.2, 0.25) is 6.29 Å². The van der Waals surface area contributed by atoms with Crippen LogP contribution in [0, 0.1) is 50.2 Å². The Morgan fingerprint density at radius 2 is 1.13 bits per heavy atom. The SMILES string of the molecule is C[C@@H]1O[C@@H](O[C@H]2[C@H](O[C@H]3CC[C@@]4(C)C(CC[C@]5(C)C4CC=C4C6CC(C)(C)CC[C@]6(C(=O)O[C@@H]6O[C@H](CO[C@@H]7O[C@H](CO)[C@@H](O)[C@H](O)[C@H]7O)[C@@H](O)[C@H](O)[C@H]6O)CC[C@]45C)[C@]3(C)CO)OC[C@H](O)[C@@H]2O)[C@H](O)[C@H](O[C@@H]2O[C@H](CO)[C@@H](O)[C@H](O)[C@H]2O)[C@H]1O. The number of hydrogen-bond donors (Lipinski definition) is 16. The van der Waals surface area contributed by atoms with E-state index in [1.807, 2.05) is 6.92 Å². The number of aliphatic hydroxyl groups is 16. The molecule has 0 bridgehead atoms. The predicted octanol–water partition coefficient (Wildman–Crippen LogP) is -3.57. The lowest BCUT2D eigenvalue weighted by molar-refractivity contribution is -0.383.